The van der Waals surface area contributed by atoms with Crippen molar-refractivity contribution in [2.45, 2.75) is 62.2 Å². The van der Waals surface area contributed by atoms with Gasteiger partial charge in [0.2, 0.25) is 0 Å². The van der Waals surface area contributed by atoms with Crippen molar-refractivity contribution in [3.8, 4) is 68.4 Å². The molecule has 0 aliphatic heterocycles. The maximum Gasteiger partial charge on any atom is 0.381 e. The van der Waals surface area contributed by atoms with Crippen LogP contribution in [-0.2, 0) is 15.6 Å². The molecule has 344 valence electrons. The Morgan fingerprint density at radius 2 is 0.986 bits per heavy atom. The fourth-order valence-electron chi connectivity index (χ4n) is 14.1. The number of aryl methyl sites for hydroxylation is 2. The molecular formula is C57H41F4NO3S4. The molecule has 4 nitrogen and oxygen atoms in total. The van der Waals surface area contributed by atoms with Gasteiger partial charge in [-0.15, -0.1) is 45.3 Å². The molecule has 2 spiro atoms. The van der Waals surface area contributed by atoms with Crippen molar-refractivity contribution in [3.63, 3.8) is 0 Å². The summed E-state index contributed by atoms with van der Waals surface area (Å²) < 4.78 is 63.6. The molecule has 15 rings (SSSR count). The van der Waals surface area contributed by atoms with E-state index in [9.17, 15) is 27.5 Å². The van der Waals surface area contributed by atoms with Crippen LogP contribution in [0.15, 0.2) is 127 Å². The van der Waals surface area contributed by atoms with Gasteiger partial charge in [-0.1, -0.05) is 24.3 Å². The van der Waals surface area contributed by atoms with Crippen molar-refractivity contribution >= 4 is 56.8 Å². The molecule has 5 heterocycles. The Bertz CT molecular complexity index is 3430. The van der Waals surface area contributed by atoms with Gasteiger partial charge in [-0.2, -0.15) is 22.1 Å². The Morgan fingerprint density at radius 1 is 0.536 bits per heavy atom. The molecule has 12 heteroatoms. The van der Waals surface area contributed by atoms with Crippen molar-refractivity contribution < 1.29 is 36.8 Å². The quantitative estimate of drug-likeness (QED) is 0.123. The van der Waals surface area contributed by atoms with E-state index in [-0.39, 0.29) is 10.8 Å². The number of carbonyl (C=O) groups excluding carboxylic acids is 1. The van der Waals surface area contributed by atoms with Gasteiger partial charge in [-0.3, -0.25) is 4.79 Å². The van der Waals surface area contributed by atoms with Crippen LogP contribution in [0.5, 0.6) is 5.75 Å². The van der Waals surface area contributed by atoms with Gasteiger partial charge in [0.05, 0.1) is 7.11 Å². The van der Waals surface area contributed by atoms with Crippen molar-refractivity contribution in [2.75, 3.05) is 7.11 Å². The highest BCUT2D eigenvalue weighted by atomic mass is 32.1. The van der Waals surface area contributed by atoms with Gasteiger partial charge in [0.1, 0.15) is 5.75 Å². The summed E-state index contributed by atoms with van der Waals surface area (Å²) in [6.45, 7) is 4.36. The van der Waals surface area contributed by atoms with E-state index in [1.54, 1.807) is 30.6 Å². The lowest BCUT2D eigenvalue weighted by atomic mass is 9.36. The zero-order valence-electron chi connectivity index (χ0n) is 37.5. The van der Waals surface area contributed by atoms with Crippen LogP contribution in [0, 0.1) is 37.5 Å². The summed E-state index contributed by atoms with van der Waals surface area (Å²) in [7, 11) is 1.68. The number of thiophene rings is 4. The van der Waals surface area contributed by atoms with Gasteiger partial charge >= 0.3 is 17.6 Å². The summed E-state index contributed by atoms with van der Waals surface area (Å²) in [6, 6.07) is 39.9. The van der Waals surface area contributed by atoms with Crippen LogP contribution in [0.1, 0.15) is 57.7 Å². The molecule has 4 bridgehead atoms. The Balaban J connectivity index is 0.902. The number of allylic oxidation sites excluding steroid dienone is 2. The fraction of sp³-hybridized carbons (Fsp3) is 0.263. The van der Waals surface area contributed by atoms with Gasteiger partial charge in [0.15, 0.2) is 12.4 Å². The van der Waals surface area contributed by atoms with Gasteiger partial charge in [-0.05, 0) is 186 Å². The summed E-state index contributed by atoms with van der Waals surface area (Å²) in [5.41, 5.74) is 11.4. The van der Waals surface area contributed by atoms with Crippen LogP contribution in [0.4, 0.5) is 17.6 Å². The number of alkyl halides is 4. The number of carbonyl (C=O) groups is 1. The van der Waals surface area contributed by atoms with Crippen LogP contribution in [0.25, 0.3) is 68.3 Å². The monoisotopic (exact) mass is 991 g/mol. The molecule has 5 aromatic heterocycles. The van der Waals surface area contributed by atoms with E-state index in [2.05, 4.69) is 98.8 Å². The summed E-state index contributed by atoms with van der Waals surface area (Å²) in [5, 5.41) is 12.5. The van der Waals surface area contributed by atoms with Crippen molar-refractivity contribution in [3.05, 3.63) is 159 Å². The minimum Gasteiger partial charge on any atom is -0.867 e. The van der Waals surface area contributed by atoms with Crippen LogP contribution in [0.3, 0.4) is 0 Å². The zero-order chi connectivity index (χ0) is 47.1. The highest BCUT2D eigenvalue weighted by molar-refractivity contribution is 7.25. The number of ketones is 1. The molecular weight excluding hydrogens is 951 g/mol. The number of pyridine rings is 1. The number of Topliss-reactive ketones (excluding diaryl/α,β-unsaturated/α-hetero) is 1. The molecule has 4 fully saturated rings. The van der Waals surface area contributed by atoms with Gasteiger partial charge in [0.25, 0.3) is 5.70 Å². The molecule has 0 saturated heterocycles. The first-order chi connectivity index (χ1) is 33.2. The largest absolute Gasteiger partial charge is 0.867 e. The minimum absolute atomic E-state index is 0.121. The summed E-state index contributed by atoms with van der Waals surface area (Å²) in [6.07, 6.45) is 6.86. The van der Waals surface area contributed by atoms with Crippen molar-refractivity contribution in [1.82, 2.24) is 0 Å². The third-order valence-corrected chi connectivity index (χ3v) is 21.5. The predicted octanol–water partition coefficient (Wildman–Crippen LogP) is 14.2. The Kier molecular flexibility index (Phi) is 8.72. The maximum absolute atomic E-state index is 14.3. The van der Waals surface area contributed by atoms with Crippen LogP contribution in [-0.4, -0.2) is 24.7 Å². The predicted molar refractivity (Wildman–Crippen MR) is 265 cm³/mol. The summed E-state index contributed by atoms with van der Waals surface area (Å²) in [4.78, 5) is 22.4. The molecule has 7 aliphatic rings. The van der Waals surface area contributed by atoms with Crippen molar-refractivity contribution in [2.24, 2.45) is 23.7 Å². The lowest BCUT2D eigenvalue weighted by Crippen LogP contribution is -2.63. The lowest BCUT2D eigenvalue weighted by molar-refractivity contribution is -0.582. The van der Waals surface area contributed by atoms with E-state index >= 15 is 0 Å². The third-order valence-electron chi connectivity index (χ3n) is 16.8. The number of benzene rings is 3. The zero-order valence-corrected chi connectivity index (χ0v) is 40.8. The second-order valence-corrected chi connectivity index (χ2v) is 24.6. The first-order valence-corrected chi connectivity index (χ1v) is 26.6. The van der Waals surface area contributed by atoms with E-state index < -0.39 is 29.1 Å². The molecule has 0 N–H and O–H groups in total. The van der Waals surface area contributed by atoms with Gasteiger partial charge in [0, 0.05) is 73.3 Å². The van der Waals surface area contributed by atoms with Gasteiger partial charge in [-0.25, -0.2) is 0 Å². The second-order valence-electron chi connectivity index (χ2n) is 19.9. The summed E-state index contributed by atoms with van der Waals surface area (Å²) >= 11 is 7.24. The van der Waals surface area contributed by atoms with E-state index in [4.69, 9.17) is 4.74 Å². The molecule has 0 amide bonds. The number of hydrogen-bond donors (Lipinski definition) is 0. The molecule has 4 saturated carbocycles. The molecule has 7 aliphatic carbocycles. The standard InChI is InChI=1S/C57H41F4NO3S4/c1-28-4-14-45(66-28)32-8-12-39-40-13-9-33(46-15-5-29(2)67-46)21-42(40)54(41(39)20-32)34-22-36-24-35(54)25-37(23-34)55(36)43-26-47(30-6-10-38(65-3)11-7-30)68-50(43)51-44(55)27-48(69-51)31-16-18-62(19-17-31)49-52(63)56(58,59)57(60,61)53(49)64/h4-21,26-27,34-37H,22-25H2,1-3H3. The number of fused-ring (bicyclic) bond motifs is 6. The van der Waals surface area contributed by atoms with Crippen LogP contribution in [0.2, 0.25) is 0 Å². The number of rotatable bonds is 6. The van der Waals surface area contributed by atoms with Gasteiger partial charge < -0.3 is 9.84 Å². The smallest absolute Gasteiger partial charge is 0.381 e. The number of ether oxygens (including phenoxy) is 1. The van der Waals surface area contributed by atoms with E-state index in [1.165, 1.54) is 91.0 Å². The normalized spacial score (nSPS) is 24.7. The number of nitrogens with zero attached hydrogens (tertiary/aromatic N) is 1. The van der Waals surface area contributed by atoms with E-state index in [0.29, 0.717) is 23.7 Å². The lowest BCUT2D eigenvalue weighted by Gasteiger charge is -2.67. The minimum atomic E-state index is -5.10. The Morgan fingerprint density at radius 3 is 1.41 bits per heavy atom. The van der Waals surface area contributed by atoms with E-state index in [1.807, 2.05) is 46.1 Å². The second kappa shape index (κ2) is 14.2. The molecule has 8 aromatic rings. The van der Waals surface area contributed by atoms with E-state index in [0.717, 1.165) is 52.0 Å². The molecule has 0 radical (unpaired) electrons. The number of methoxy groups -OCH3 is 1. The fourth-order valence-corrected chi connectivity index (χ4v) is 18.5. The highest BCUT2D eigenvalue weighted by Crippen LogP contribution is 2.78. The first-order valence-electron chi connectivity index (χ1n) is 23.3. The average molecular weight is 992 g/mol. The Hall–Kier alpha value is -5.66. The SMILES string of the molecule is COc1ccc(-c2cc3c(s2)-c2sc(-c4cc[n+](C5=C([O-])C(F)(F)C(F)(F)C5=O)cc4)cc2C32C3CC4CC2CC(C3)C42c3cc(-c4ccc(C)s4)ccc3-c3ccc(-c4ccc(C)s4)cc32)cc1. The molecule has 0 atom stereocenters. The molecule has 0 unspecified atom stereocenters. The highest BCUT2D eigenvalue weighted by Gasteiger charge is 2.72. The number of halogens is 4. The molecule has 3 aromatic carbocycles. The summed E-state index contributed by atoms with van der Waals surface area (Å²) in [5.74, 6) is -12.1. The molecule has 69 heavy (non-hydrogen) atoms. The first kappa shape index (κ1) is 42.2. The maximum atomic E-state index is 14.3. The number of hydrogen-bond acceptors (Lipinski definition) is 7. The van der Waals surface area contributed by atoms with Crippen LogP contribution >= 0.6 is 45.3 Å². The topological polar surface area (TPSA) is 53.2 Å². The van der Waals surface area contributed by atoms with Crippen LogP contribution < -0.4 is 14.4 Å². The average Bonchev–Trinajstić information content (AvgIpc) is 4.23. The number of aromatic nitrogens is 1. The van der Waals surface area contributed by atoms with Crippen molar-refractivity contribution in [1.29, 1.82) is 0 Å². The third kappa shape index (κ3) is 5.38. The Labute approximate surface area is 411 Å².